The van der Waals surface area contributed by atoms with Gasteiger partial charge in [0.1, 0.15) is 5.75 Å². The van der Waals surface area contributed by atoms with Crippen LogP contribution < -0.4 is 4.74 Å². The van der Waals surface area contributed by atoms with Crippen molar-refractivity contribution in [2.24, 2.45) is 0 Å². The van der Waals surface area contributed by atoms with Gasteiger partial charge in [0, 0.05) is 5.56 Å². The number of nitrogens with zero attached hydrogens (tertiary/aromatic N) is 1. The van der Waals surface area contributed by atoms with E-state index in [1.54, 1.807) is 0 Å². The largest absolute Gasteiger partial charge is 0.490 e. The number of aldehydes is 1. The molecule has 0 atom stereocenters. The number of carbonyl (C=O) groups excluding carboxylic acids is 1. The molecule has 1 aromatic heterocycles. The second kappa shape index (κ2) is 5.26. The van der Waals surface area contributed by atoms with Crippen molar-refractivity contribution in [2.45, 2.75) is 33.8 Å². The van der Waals surface area contributed by atoms with Crippen molar-refractivity contribution in [3.63, 3.8) is 0 Å². The van der Waals surface area contributed by atoms with Gasteiger partial charge < -0.3 is 4.74 Å². The van der Waals surface area contributed by atoms with Crippen LogP contribution in [0.1, 0.15) is 35.3 Å². The maximum absolute atomic E-state index is 11.0. The van der Waals surface area contributed by atoms with E-state index >= 15 is 0 Å². The van der Waals surface area contributed by atoms with Crippen molar-refractivity contribution in [1.29, 1.82) is 0 Å². The van der Waals surface area contributed by atoms with Gasteiger partial charge in [-0.1, -0.05) is 0 Å². The Morgan fingerprint density at radius 1 is 1.26 bits per heavy atom. The van der Waals surface area contributed by atoms with Crippen LogP contribution in [-0.4, -0.2) is 22.6 Å². The first kappa shape index (κ1) is 13.3. The molecule has 2 rings (SSSR count). The summed E-state index contributed by atoms with van der Waals surface area (Å²) in [4.78, 5) is 11.0. The second-order valence-corrected chi connectivity index (χ2v) is 4.92. The van der Waals surface area contributed by atoms with Gasteiger partial charge in [0.05, 0.1) is 23.6 Å². The molecule has 0 unspecified atom stereocenters. The predicted octanol–water partition coefficient (Wildman–Crippen LogP) is 3.29. The lowest BCUT2D eigenvalue weighted by atomic mass is 10.0. The molecule has 0 saturated carbocycles. The first-order valence-corrected chi connectivity index (χ1v) is 6.29. The number of H-pyrrole nitrogens is 1. The van der Waals surface area contributed by atoms with Crippen LogP contribution in [0.25, 0.3) is 11.3 Å². The summed E-state index contributed by atoms with van der Waals surface area (Å²) >= 11 is 0. The number of hydrogen-bond donors (Lipinski definition) is 1. The van der Waals surface area contributed by atoms with Crippen LogP contribution >= 0.6 is 0 Å². The van der Waals surface area contributed by atoms with Crippen molar-refractivity contribution in [3.8, 4) is 17.0 Å². The standard InChI is InChI=1S/C15H18N2O2/c1-9(2)19-15-10(3)5-12(6-11(15)4)14-13(8-18)7-16-17-14/h5-9H,1-4H3,(H,16,17). The summed E-state index contributed by atoms with van der Waals surface area (Å²) in [7, 11) is 0. The third-order valence-corrected chi connectivity index (χ3v) is 2.90. The number of ether oxygens (including phenoxy) is 1. The fourth-order valence-corrected chi connectivity index (χ4v) is 2.13. The molecular formula is C15H18N2O2. The van der Waals surface area contributed by atoms with E-state index in [1.807, 2.05) is 39.8 Å². The zero-order chi connectivity index (χ0) is 14.0. The topological polar surface area (TPSA) is 55.0 Å². The normalized spacial score (nSPS) is 10.8. The molecule has 100 valence electrons. The Labute approximate surface area is 112 Å². The van der Waals surface area contributed by atoms with E-state index in [1.165, 1.54) is 6.20 Å². The molecule has 2 aromatic rings. The first-order chi connectivity index (χ1) is 9.02. The van der Waals surface area contributed by atoms with Gasteiger partial charge in [0.15, 0.2) is 6.29 Å². The molecular weight excluding hydrogens is 240 g/mol. The van der Waals surface area contributed by atoms with E-state index in [0.29, 0.717) is 5.56 Å². The van der Waals surface area contributed by atoms with E-state index in [2.05, 4.69) is 10.2 Å². The Bertz CT molecular complexity index is 577. The minimum atomic E-state index is 0.140. The number of aromatic nitrogens is 2. The van der Waals surface area contributed by atoms with E-state index in [-0.39, 0.29) is 6.10 Å². The van der Waals surface area contributed by atoms with E-state index < -0.39 is 0 Å². The molecule has 4 heteroatoms. The molecule has 0 spiro atoms. The van der Waals surface area contributed by atoms with Crippen molar-refractivity contribution in [3.05, 3.63) is 35.0 Å². The molecule has 1 heterocycles. The molecule has 0 aliphatic heterocycles. The monoisotopic (exact) mass is 258 g/mol. The van der Waals surface area contributed by atoms with Gasteiger partial charge in [-0.25, -0.2) is 0 Å². The number of aromatic amines is 1. The number of nitrogens with one attached hydrogen (secondary N) is 1. The van der Waals surface area contributed by atoms with E-state index in [0.717, 1.165) is 34.4 Å². The Hall–Kier alpha value is -2.10. The molecule has 0 bridgehead atoms. The molecule has 19 heavy (non-hydrogen) atoms. The fourth-order valence-electron chi connectivity index (χ4n) is 2.13. The summed E-state index contributed by atoms with van der Waals surface area (Å²) in [6.07, 6.45) is 2.48. The number of aryl methyl sites for hydroxylation is 2. The highest BCUT2D eigenvalue weighted by Gasteiger charge is 2.12. The minimum absolute atomic E-state index is 0.140. The second-order valence-electron chi connectivity index (χ2n) is 4.92. The third kappa shape index (κ3) is 2.67. The van der Waals surface area contributed by atoms with Crippen LogP contribution in [0.2, 0.25) is 0 Å². The molecule has 1 aromatic carbocycles. The average Bonchev–Trinajstić information content (AvgIpc) is 2.81. The lowest BCUT2D eigenvalue weighted by Gasteiger charge is -2.16. The molecule has 0 radical (unpaired) electrons. The Morgan fingerprint density at radius 2 is 1.89 bits per heavy atom. The maximum atomic E-state index is 11.0. The zero-order valence-corrected chi connectivity index (χ0v) is 11.7. The molecule has 0 aliphatic rings. The number of carbonyl (C=O) groups is 1. The van der Waals surface area contributed by atoms with Gasteiger partial charge >= 0.3 is 0 Å². The summed E-state index contributed by atoms with van der Waals surface area (Å²) in [5, 5.41) is 6.78. The fraction of sp³-hybridized carbons (Fsp3) is 0.333. The van der Waals surface area contributed by atoms with Crippen molar-refractivity contribution < 1.29 is 9.53 Å². The highest BCUT2D eigenvalue weighted by atomic mass is 16.5. The van der Waals surface area contributed by atoms with Gasteiger partial charge in [0.25, 0.3) is 0 Å². The summed E-state index contributed by atoms with van der Waals surface area (Å²) in [5.74, 6) is 0.908. The zero-order valence-electron chi connectivity index (χ0n) is 11.7. The highest BCUT2D eigenvalue weighted by molar-refractivity contribution is 5.85. The number of benzene rings is 1. The molecule has 1 N–H and O–H groups in total. The Morgan fingerprint density at radius 3 is 2.42 bits per heavy atom. The SMILES string of the molecule is Cc1cc(-c2[nH]ncc2C=O)cc(C)c1OC(C)C. The lowest BCUT2D eigenvalue weighted by Crippen LogP contribution is -2.08. The average molecular weight is 258 g/mol. The Kier molecular flexibility index (Phi) is 3.69. The highest BCUT2D eigenvalue weighted by Crippen LogP contribution is 2.30. The summed E-state index contributed by atoms with van der Waals surface area (Å²) in [6, 6.07) is 4.01. The maximum Gasteiger partial charge on any atom is 0.153 e. The summed E-state index contributed by atoms with van der Waals surface area (Å²) in [6.45, 7) is 8.02. The molecule has 0 fully saturated rings. The van der Waals surface area contributed by atoms with Crippen LogP contribution in [0.15, 0.2) is 18.3 Å². The van der Waals surface area contributed by atoms with Gasteiger partial charge in [-0.05, 0) is 51.0 Å². The number of rotatable bonds is 4. The van der Waals surface area contributed by atoms with E-state index in [4.69, 9.17) is 4.74 Å². The summed E-state index contributed by atoms with van der Waals surface area (Å²) < 4.78 is 5.81. The first-order valence-electron chi connectivity index (χ1n) is 6.29. The van der Waals surface area contributed by atoms with Crippen LogP contribution in [0.5, 0.6) is 5.75 Å². The van der Waals surface area contributed by atoms with Gasteiger partial charge in [-0.15, -0.1) is 0 Å². The van der Waals surface area contributed by atoms with Crippen molar-refractivity contribution in [1.82, 2.24) is 10.2 Å². The quantitative estimate of drug-likeness (QED) is 0.856. The predicted molar refractivity (Wildman–Crippen MR) is 74.6 cm³/mol. The number of hydrogen-bond acceptors (Lipinski definition) is 3. The van der Waals surface area contributed by atoms with Crippen molar-refractivity contribution in [2.75, 3.05) is 0 Å². The van der Waals surface area contributed by atoms with Gasteiger partial charge in [-0.2, -0.15) is 5.10 Å². The lowest BCUT2D eigenvalue weighted by molar-refractivity contribution is 0.112. The smallest absolute Gasteiger partial charge is 0.153 e. The van der Waals surface area contributed by atoms with Crippen LogP contribution in [0, 0.1) is 13.8 Å². The minimum Gasteiger partial charge on any atom is -0.490 e. The Balaban J connectivity index is 2.48. The van der Waals surface area contributed by atoms with E-state index in [9.17, 15) is 4.79 Å². The third-order valence-electron chi connectivity index (χ3n) is 2.90. The molecule has 4 nitrogen and oxygen atoms in total. The molecule has 0 saturated heterocycles. The van der Waals surface area contributed by atoms with Gasteiger partial charge in [-0.3, -0.25) is 9.89 Å². The van der Waals surface area contributed by atoms with Crippen LogP contribution in [0.4, 0.5) is 0 Å². The van der Waals surface area contributed by atoms with Gasteiger partial charge in [0.2, 0.25) is 0 Å². The molecule has 0 amide bonds. The van der Waals surface area contributed by atoms with Crippen molar-refractivity contribution >= 4 is 6.29 Å². The van der Waals surface area contributed by atoms with Crippen LogP contribution in [0.3, 0.4) is 0 Å². The van der Waals surface area contributed by atoms with Crippen LogP contribution in [-0.2, 0) is 0 Å². The summed E-state index contributed by atoms with van der Waals surface area (Å²) in [5.41, 5.74) is 4.37. The molecule has 0 aliphatic carbocycles.